The predicted octanol–water partition coefficient (Wildman–Crippen LogP) is 5.76. The molecule has 3 aliphatic heterocycles. The van der Waals surface area contributed by atoms with Crippen molar-refractivity contribution < 1.29 is 30.0 Å². The lowest BCUT2D eigenvalue weighted by atomic mass is 9.98. The average molecular weight is 742 g/mol. The summed E-state index contributed by atoms with van der Waals surface area (Å²) in [6.07, 6.45) is 1.24. The number of H-pyrrole nitrogens is 2. The molecular formula is C41H51N5O6S. The molecule has 0 radical (unpaired) electrons. The zero-order valence-electron chi connectivity index (χ0n) is 31.3. The van der Waals surface area contributed by atoms with E-state index < -0.39 is 36.5 Å². The van der Waals surface area contributed by atoms with E-state index in [2.05, 4.69) is 80.8 Å². The molecule has 53 heavy (non-hydrogen) atoms. The topological polar surface area (TPSA) is 177 Å². The van der Waals surface area contributed by atoms with E-state index in [9.17, 15) is 25.2 Å². The quantitative estimate of drug-likeness (QED) is 0.121. The molecule has 282 valence electrons. The van der Waals surface area contributed by atoms with Gasteiger partial charge in [0.15, 0.2) is 0 Å². The smallest absolute Gasteiger partial charge is 0.220 e. The first-order valence-electron chi connectivity index (χ1n) is 18.3. The van der Waals surface area contributed by atoms with Gasteiger partial charge in [0.1, 0.15) is 29.9 Å². The third kappa shape index (κ3) is 7.67. The highest BCUT2D eigenvalue weighted by atomic mass is 32.2. The molecule has 5 atom stereocenters. The lowest BCUT2D eigenvalue weighted by Crippen LogP contribution is -2.57. The Labute approximate surface area is 314 Å². The predicted molar refractivity (Wildman–Crippen MR) is 214 cm³/mol. The SMILES string of the molecule is C=Cc1c(C)c2cc3nc(c(C)c4nc(cc5[nH]c(cc1[nH]2)c(C)c5CC)C(C)=C4)C(CCC(=O)NCCCS[C@@H]1O[C@H](CO)[C@@H](O)[C@H](O)[C@H]1O)=C3C. The van der Waals surface area contributed by atoms with Crippen LogP contribution < -0.4 is 5.32 Å². The molecule has 3 aliphatic rings. The second kappa shape index (κ2) is 16.1. The number of aromatic amines is 2. The third-order valence-electron chi connectivity index (χ3n) is 10.7. The van der Waals surface area contributed by atoms with Crippen molar-refractivity contribution in [3.05, 3.63) is 75.4 Å². The summed E-state index contributed by atoms with van der Waals surface area (Å²) in [5, 5.41) is 42.8. The maximum Gasteiger partial charge on any atom is 0.220 e. The number of nitrogens with zero attached hydrogens (tertiary/aromatic N) is 2. The van der Waals surface area contributed by atoms with Gasteiger partial charge < -0.3 is 40.4 Å². The molecule has 12 heteroatoms. The summed E-state index contributed by atoms with van der Waals surface area (Å²) in [7, 11) is 0. The van der Waals surface area contributed by atoms with Crippen LogP contribution in [0, 0.1) is 20.8 Å². The molecule has 7 N–H and O–H groups in total. The molecule has 6 heterocycles. The van der Waals surface area contributed by atoms with E-state index in [4.69, 9.17) is 14.7 Å². The highest BCUT2D eigenvalue weighted by Crippen LogP contribution is 2.37. The van der Waals surface area contributed by atoms with Crippen molar-refractivity contribution in [3.8, 4) is 0 Å². The largest absolute Gasteiger partial charge is 0.394 e. The van der Waals surface area contributed by atoms with Crippen molar-refractivity contribution in [2.45, 2.75) is 97.1 Å². The number of rotatable bonds is 11. The lowest BCUT2D eigenvalue weighted by Gasteiger charge is -2.39. The maximum absolute atomic E-state index is 13.1. The molecule has 3 aromatic rings. The molecule has 3 aromatic heterocycles. The number of hydrogen-bond acceptors (Lipinski definition) is 9. The van der Waals surface area contributed by atoms with E-state index in [0.29, 0.717) is 25.1 Å². The van der Waals surface area contributed by atoms with Crippen LogP contribution >= 0.6 is 11.8 Å². The third-order valence-corrected chi connectivity index (χ3v) is 11.9. The molecule has 0 spiro atoms. The van der Waals surface area contributed by atoms with Crippen LogP contribution in [0.25, 0.3) is 50.9 Å². The van der Waals surface area contributed by atoms with Crippen molar-refractivity contribution in [1.82, 2.24) is 25.3 Å². The number of thioether (sulfide) groups is 1. The van der Waals surface area contributed by atoms with Crippen LogP contribution in [0.4, 0.5) is 0 Å². The molecule has 0 unspecified atom stereocenters. The van der Waals surface area contributed by atoms with Crippen LogP contribution in [0.1, 0.15) is 90.6 Å². The number of ether oxygens (including phenoxy) is 1. The Kier molecular flexibility index (Phi) is 11.8. The normalized spacial score (nSPS) is 21.5. The summed E-state index contributed by atoms with van der Waals surface area (Å²) in [4.78, 5) is 30.7. The Morgan fingerprint density at radius 2 is 1.66 bits per heavy atom. The van der Waals surface area contributed by atoms with Gasteiger partial charge in [-0.3, -0.25) is 4.79 Å². The van der Waals surface area contributed by atoms with Crippen molar-refractivity contribution >= 4 is 68.6 Å². The highest BCUT2D eigenvalue weighted by molar-refractivity contribution is 7.99. The minimum Gasteiger partial charge on any atom is -0.394 e. The van der Waals surface area contributed by atoms with Crippen molar-refractivity contribution in [1.29, 1.82) is 0 Å². The number of aryl methyl sites for hydroxylation is 3. The fourth-order valence-corrected chi connectivity index (χ4v) is 8.50. The van der Waals surface area contributed by atoms with Gasteiger partial charge >= 0.3 is 0 Å². The number of amides is 1. The first-order chi connectivity index (χ1) is 25.4. The molecule has 1 amide bonds. The fourth-order valence-electron chi connectivity index (χ4n) is 7.38. The number of fused-ring (bicyclic) bond motifs is 8. The van der Waals surface area contributed by atoms with Crippen molar-refractivity contribution in [2.24, 2.45) is 0 Å². The Balaban J connectivity index is 1.27. The first kappa shape index (κ1) is 38.7. The second-order valence-electron chi connectivity index (χ2n) is 14.1. The zero-order chi connectivity index (χ0) is 38.1. The van der Waals surface area contributed by atoms with Gasteiger partial charge in [0.25, 0.3) is 0 Å². The number of carbonyl (C=O) groups excluding carboxylic acids is 1. The van der Waals surface area contributed by atoms with E-state index in [-0.39, 0.29) is 12.3 Å². The van der Waals surface area contributed by atoms with Crippen LogP contribution in [0.2, 0.25) is 0 Å². The zero-order valence-corrected chi connectivity index (χ0v) is 32.2. The van der Waals surface area contributed by atoms with Gasteiger partial charge in [-0.05, 0) is 117 Å². The first-order valence-corrected chi connectivity index (χ1v) is 19.4. The number of hydrogen-bond donors (Lipinski definition) is 7. The van der Waals surface area contributed by atoms with Gasteiger partial charge in [0.05, 0.1) is 29.4 Å². The highest BCUT2D eigenvalue weighted by Gasteiger charge is 2.43. The number of carbonyl (C=O) groups is 1. The summed E-state index contributed by atoms with van der Waals surface area (Å²) in [5.41, 5.74) is 15.3. The van der Waals surface area contributed by atoms with Gasteiger partial charge in [-0.2, -0.15) is 0 Å². The standard InChI is InChI=1S/C41H51N5O6S/c1-8-25-22(5)31-18-34-26(9-2)21(4)30(44-34)17-32-23(6)27(37(46-32)24(7)29-15-20(3)28(43-29)16-33(25)45-31)11-12-36(48)42-13-10-14-53-41-40(51)39(50)38(49)35(19-47)52-41/h9,15-18,35,38-41,44-45,47,49-51H,2,8,10-14,19H2,1,3-7H3,(H,42,48)/t35-,38-,39+,40-,41+/m1/s1. The Bertz CT molecular complexity index is 2150. The summed E-state index contributed by atoms with van der Waals surface area (Å²) in [6.45, 7) is 16.7. The van der Waals surface area contributed by atoms with Gasteiger partial charge in [-0.15, -0.1) is 11.8 Å². The molecule has 0 aromatic carbocycles. The van der Waals surface area contributed by atoms with E-state index in [1.54, 1.807) is 0 Å². The molecule has 8 bridgehead atoms. The summed E-state index contributed by atoms with van der Waals surface area (Å²) < 4.78 is 5.57. The molecule has 11 nitrogen and oxygen atoms in total. The summed E-state index contributed by atoms with van der Waals surface area (Å²) in [5.74, 6) is 0.450. The summed E-state index contributed by atoms with van der Waals surface area (Å²) >= 11 is 1.27. The molecule has 0 aliphatic carbocycles. The Morgan fingerprint density at radius 1 is 0.943 bits per heavy atom. The van der Waals surface area contributed by atoms with E-state index in [0.717, 1.165) is 84.7 Å². The van der Waals surface area contributed by atoms with E-state index in [1.165, 1.54) is 22.9 Å². The van der Waals surface area contributed by atoms with Crippen LogP contribution in [0.3, 0.4) is 0 Å². The number of aliphatic hydroxyl groups is 4. The number of aliphatic hydroxyl groups excluding tert-OH is 4. The molecule has 6 rings (SSSR count). The van der Waals surface area contributed by atoms with Crippen molar-refractivity contribution in [2.75, 3.05) is 18.9 Å². The number of allylic oxidation sites excluding steroid dienone is 3. The van der Waals surface area contributed by atoms with Crippen LogP contribution in [-0.4, -0.2) is 95.0 Å². The number of nitrogens with one attached hydrogen (secondary N) is 3. The molecular weight excluding hydrogens is 691 g/mol. The van der Waals surface area contributed by atoms with Crippen LogP contribution in [-0.2, 0) is 16.0 Å². The second-order valence-corrected chi connectivity index (χ2v) is 15.3. The Morgan fingerprint density at radius 3 is 2.38 bits per heavy atom. The maximum atomic E-state index is 13.1. The Hall–Kier alpha value is -4.04. The molecule has 0 saturated carbocycles. The molecule has 1 saturated heterocycles. The monoisotopic (exact) mass is 741 g/mol. The van der Waals surface area contributed by atoms with Crippen LogP contribution in [0.5, 0.6) is 0 Å². The van der Waals surface area contributed by atoms with Crippen molar-refractivity contribution in [3.63, 3.8) is 0 Å². The lowest BCUT2D eigenvalue weighted by molar-refractivity contribution is -0.205. The summed E-state index contributed by atoms with van der Waals surface area (Å²) in [6, 6.07) is 6.38. The molecule has 1 fully saturated rings. The average Bonchev–Trinajstić information content (AvgIpc) is 3.84. The van der Waals surface area contributed by atoms with Gasteiger partial charge in [0, 0.05) is 46.2 Å². The van der Waals surface area contributed by atoms with E-state index in [1.807, 2.05) is 13.0 Å². The number of aromatic nitrogens is 4. The minimum atomic E-state index is -1.40. The van der Waals surface area contributed by atoms with E-state index >= 15 is 0 Å². The van der Waals surface area contributed by atoms with Gasteiger partial charge in [0.2, 0.25) is 5.91 Å². The van der Waals surface area contributed by atoms with Gasteiger partial charge in [-0.25, -0.2) is 9.97 Å². The van der Waals surface area contributed by atoms with Gasteiger partial charge in [-0.1, -0.05) is 19.6 Å². The fraction of sp³-hybridized carbons (Fsp3) is 0.439. The minimum absolute atomic E-state index is 0.0849. The van der Waals surface area contributed by atoms with Crippen LogP contribution in [0.15, 0.2) is 24.8 Å².